The van der Waals surface area contributed by atoms with Crippen molar-refractivity contribution in [1.82, 2.24) is 5.32 Å². The molecule has 1 aliphatic rings. The van der Waals surface area contributed by atoms with Crippen LogP contribution in [0, 0.1) is 0 Å². The third-order valence-electron chi connectivity index (χ3n) is 21.0. The number of carbonyl (C=O) groups excluding carboxylic acids is 2. The molecule has 0 aromatic carbocycles. The molecule has 99 heavy (non-hydrogen) atoms. The molecule has 7 unspecified atom stereocenters. The van der Waals surface area contributed by atoms with Gasteiger partial charge in [0, 0.05) is 12.8 Å². The predicted octanol–water partition coefficient (Wildman–Crippen LogP) is 24.4. The van der Waals surface area contributed by atoms with E-state index in [0.29, 0.717) is 19.4 Å². The number of aliphatic hydroxyl groups excluding tert-OH is 5. The van der Waals surface area contributed by atoms with Crippen molar-refractivity contribution in [1.29, 1.82) is 0 Å². The molecule has 1 heterocycles. The van der Waals surface area contributed by atoms with Crippen molar-refractivity contribution in [3.63, 3.8) is 0 Å². The van der Waals surface area contributed by atoms with E-state index < -0.39 is 49.5 Å². The van der Waals surface area contributed by atoms with Crippen LogP contribution in [-0.2, 0) is 23.8 Å². The van der Waals surface area contributed by atoms with E-state index in [-0.39, 0.29) is 18.5 Å². The fourth-order valence-electron chi connectivity index (χ4n) is 14.1. The zero-order chi connectivity index (χ0) is 71.5. The van der Waals surface area contributed by atoms with E-state index in [1.54, 1.807) is 6.08 Å². The molecule has 0 aromatic rings. The number of ether oxygens (including phenoxy) is 3. The second-order valence-corrected chi connectivity index (χ2v) is 30.6. The highest BCUT2D eigenvalue weighted by atomic mass is 16.7. The van der Waals surface area contributed by atoms with Gasteiger partial charge in [-0.15, -0.1) is 0 Å². The molecule has 0 saturated carbocycles. The van der Waals surface area contributed by atoms with Crippen LogP contribution in [0.1, 0.15) is 450 Å². The van der Waals surface area contributed by atoms with E-state index in [9.17, 15) is 35.1 Å². The Morgan fingerprint density at radius 1 is 0.364 bits per heavy atom. The summed E-state index contributed by atoms with van der Waals surface area (Å²) in [6, 6.07) is -0.807. The molecule has 1 fully saturated rings. The molecule has 0 spiro atoms. The van der Waals surface area contributed by atoms with Crippen LogP contribution in [0.2, 0.25) is 0 Å². The predicted molar refractivity (Wildman–Crippen MR) is 421 cm³/mol. The first-order chi connectivity index (χ1) is 48.7. The first-order valence-corrected chi connectivity index (χ1v) is 43.8. The van der Waals surface area contributed by atoms with Crippen LogP contribution in [-0.4, -0.2) is 100 Å². The lowest BCUT2D eigenvalue weighted by molar-refractivity contribution is -0.302. The molecule has 0 aromatic heterocycles. The lowest BCUT2D eigenvalue weighted by Gasteiger charge is -2.40. The van der Waals surface area contributed by atoms with Crippen LogP contribution >= 0.6 is 0 Å². The molecule has 7 atom stereocenters. The van der Waals surface area contributed by atoms with E-state index in [0.717, 1.165) is 57.8 Å². The maximum atomic E-state index is 13.1. The zero-order valence-corrected chi connectivity index (χ0v) is 65.5. The third kappa shape index (κ3) is 65.2. The molecular weight excluding hydrogens is 1230 g/mol. The highest BCUT2D eigenvalue weighted by molar-refractivity contribution is 5.76. The number of amides is 1. The van der Waals surface area contributed by atoms with Gasteiger partial charge in [-0.3, -0.25) is 9.59 Å². The number of esters is 1. The molecule has 0 bridgehead atoms. The second kappa shape index (κ2) is 77.0. The van der Waals surface area contributed by atoms with Crippen molar-refractivity contribution in [2.45, 2.75) is 493 Å². The number of unbranched alkanes of at least 4 members (excludes halogenated alkanes) is 61. The standard InChI is InChI=1S/C88H167NO10/c1-3-5-7-9-11-13-15-17-19-43-48-52-56-60-64-68-72-76-84(93)97-77-73-69-65-61-57-53-49-45-42-40-38-36-34-32-30-28-26-24-22-20-21-23-25-27-29-31-33-35-37-39-41-44-47-51-55-59-63-67-71-75-83(92)89-80(79-98-88-87(96)86(95)85(94)82(78-90)99-88)81(91)74-70-66-62-58-54-50-46-18-16-14-12-10-8-6-4-2/h17,19-21,70,74,80-82,85-88,90-91,94-96H,3-16,18,22-69,71-73,75-79H2,1-2H3,(H,89,92)/b19-17-,21-20-,74-70+. The fourth-order valence-corrected chi connectivity index (χ4v) is 14.1. The molecule has 1 saturated heterocycles. The number of aliphatic hydroxyl groups is 5. The summed E-state index contributed by atoms with van der Waals surface area (Å²) >= 11 is 0. The topological polar surface area (TPSA) is 175 Å². The minimum atomic E-state index is -1.57. The van der Waals surface area contributed by atoms with E-state index >= 15 is 0 Å². The summed E-state index contributed by atoms with van der Waals surface area (Å²) in [4.78, 5) is 25.2. The largest absolute Gasteiger partial charge is 0.466 e. The smallest absolute Gasteiger partial charge is 0.305 e. The van der Waals surface area contributed by atoms with Crippen LogP contribution in [0.25, 0.3) is 0 Å². The summed E-state index contributed by atoms with van der Waals surface area (Å²) in [7, 11) is 0. The van der Waals surface area contributed by atoms with E-state index in [4.69, 9.17) is 14.2 Å². The van der Waals surface area contributed by atoms with Gasteiger partial charge in [-0.05, 0) is 83.5 Å². The molecule has 11 nitrogen and oxygen atoms in total. The maximum Gasteiger partial charge on any atom is 0.305 e. The Labute approximate surface area is 613 Å². The van der Waals surface area contributed by atoms with Gasteiger partial charge in [0.1, 0.15) is 24.4 Å². The summed E-state index contributed by atoms with van der Waals surface area (Å²) < 4.78 is 16.8. The van der Waals surface area contributed by atoms with Gasteiger partial charge < -0.3 is 45.1 Å². The minimum Gasteiger partial charge on any atom is -0.466 e. The molecule has 1 rings (SSSR count). The second-order valence-electron chi connectivity index (χ2n) is 30.6. The van der Waals surface area contributed by atoms with Gasteiger partial charge in [-0.1, -0.05) is 391 Å². The van der Waals surface area contributed by atoms with Crippen molar-refractivity contribution in [2.24, 2.45) is 0 Å². The van der Waals surface area contributed by atoms with Crippen molar-refractivity contribution < 1.29 is 49.3 Å². The Morgan fingerprint density at radius 2 is 0.646 bits per heavy atom. The Morgan fingerprint density at radius 3 is 0.970 bits per heavy atom. The van der Waals surface area contributed by atoms with Crippen LogP contribution in [0.5, 0.6) is 0 Å². The van der Waals surface area contributed by atoms with E-state index in [1.807, 2.05) is 6.08 Å². The zero-order valence-electron chi connectivity index (χ0n) is 65.5. The van der Waals surface area contributed by atoms with Crippen LogP contribution in [0.15, 0.2) is 36.5 Å². The molecule has 11 heteroatoms. The van der Waals surface area contributed by atoms with Crippen molar-refractivity contribution in [3.8, 4) is 0 Å². The van der Waals surface area contributed by atoms with E-state index in [2.05, 4.69) is 43.5 Å². The van der Waals surface area contributed by atoms with Gasteiger partial charge in [0.2, 0.25) is 5.91 Å². The van der Waals surface area contributed by atoms with Gasteiger partial charge in [0.25, 0.3) is 0 Å². The minimum absolute atomic E-state index is 0.0143. The summed E-state index contributed by atoms with van der Waals surface area (Å²) in [5.74, 6) is -0.159. The number of carbonyl (C=O) groups is 2. The Balaban J connectivity index is 1.88. The number of hydrogen-bond acceptors (Lipinski definition) is 10. The molecule has 0 radical (unpaired) electrons. The Hall–Kier alpha value is -2.12. The maximum absolute atomic E-state index is 13.1. The summed E-state index contributed by atoms with van der Waals surface area (Å²) in [6.45, 7) is 4.41. The molecule has 584 valence electrons. The molecule has 1 aliphatic heterocycles. The molecule has 6 N–H and O–H groups in total. The molecule has 1 amide bonds. The van der Waals surface area contributed by atoms with Crippen LogP contribution in [0.4, 0.5) is 0 Å². The highest BCUT2D eigenvalue weighted by Crippen LogP contribution is 2.24. The quantitative estimate of drug-likeness (QED) is 0.0195. The fraction of sp³-hybridized carbons (Fsp3) is 0.909. The van der Waals surface area contributed by atoms with Gasteiger partial charge in [0.15, 0.2) is 6.29 Å². The van der Waals surface area contributed by atoms with Gasteiger partial charge in [-0.25, -0.2) is 0 Å². The van der Waals surface area contributed by atoms with Gasteiger partial charge in [-0.2, -0.15) is 0 Å². The lowest BCUT2D eigenvalue weighted by Crippen LogP contribution is -2.60. The molecular formula is C88H167NO10. The average Bonchev–Trinajstić information content (AvgIpc) is 0.827. The number of allylic oxidation sites excluding steroid dienone is 5. The third-order valence-corrected chi connectivity index (χ3v) is 21.0. The van der Waals surface area contributed by atoms with Gasteiger partial charge >= 0.3 is 5.97 Å². The van der Waals surface area contributed by atoms with Crippen molar-refractivity contribution in [2.75, 3.05) is 19.8 Å². The van der Waals surface area contributed by atoms with Crippen LogP contribution in [0.3, 0.4) is 0 Å². The Bertz CT molecular complexity index is 1740. The number of rotatable bonds is 79. The average molecular weight is 1400 g/mol. The number of nitrogens with one attached hydrogen (secondary N) is 1. The SMILES string of the molecule is CCCCCCCC/C=C\CCCCCCCCCC(=O)OCCCCCCCCCCCCCCCCCCCC/C=C\CCCCCCCCCCCCCCCCCCCC(=O)NC(COC1OC(CO)C(O)C(O)C1O)C(O)/C=C/CCCCCCCCCCCCCCC. The van der Waals surface area contributed by atoms with Crippen molar-refractivity contribution >= 4 is 11.9 Å². The van der Waals surface area contributed by atoms with Crippen LogP contribution < -0.4 is 5.32 Å². The van der Waals surface area contributed by atoms with Crippen molar-refractivity contribution in [3.05, 3.63) is 36.5 Å². The normalized spacial score (nSPS) is 17.3. The first-order valence-electron chi connectivity index (χ1n) is 43.8. The summed E-state index contributed by atoms with van der Waals surface area (Å²) in [6.07, 6.45) is 92.0. The molecule has 0 aliphatic carbocycles. The van der Waals surface area contributed by atoms with E-state index in [1.165, 1.54) is 366 Å². The summed E-state index contributed by atoms with van der Waals surface area (Å²) in [5.41, 5.74) is 0. The highest BCUT2D eigenvalue weighted by Gasteiger charge is 2.44. The van der Waals surface area contributed by atoms with Gasteiger partial charge in [0.05, 0.1) is 32.0 Å². The first kappa shape index (κ1) is 94.9. The number of hydrogen-bond donors (Lipinski definition) is 6. The summed E-state index contributed by atoms with van der Waals surface area (Å²) in [5, 5.41) is 54.7. The lowest BCUT2D eigenvalue weighted by atomic mass is 9.99. The monoisotopic (exact) mass is 1400 g/mol. The Kier molecular flexibility index (Phi) is 73.8.